The second-order valence-corrected chi connectivity index (χ2v) is 8.76. The minimum Gasteiger partial charge on any atom is -0.274 e. The van der Waals surface area contributed by atoms with Gasteiger partial charge in [-0.3, -0.25) is 4.68 Å². The maximum absolute atomic E-state index is 12.9. The van der Waals surface area contributed by atoms with Gasteiger partial charge in [0, 0.05) is 32.3 Å². The summed E-state index contributed by atoms with van der Waals surface area (Å²) < 4.78 is 29.1. The molecule has 1 saturated heterocycles. The smallest absolute Gasteiger partial charge is 0.246 e. The van der Waals surface area contributed by atoms with Crippen LogP contribution in [0.4, 0.5) is 0 Å². The Kier molecular flexibility index (Phi) is 3.35. The van der Waals surface area contributed by atoms with Crippen LogP contribution in [0.1, 0.15) is 30.7 Å². The molecule has 1 aliphatic carbocycles. The number of rotatable bonds is 3. The van der Waals surface area contributed by atoms with Crippen molar-refractivity contribution in [3.05, 3.63) is 48.3 Å². The first-order valence-corrected chi connectivity index (χ1v) is 9.49. The largest absolute Gasteiger partial charge is 0.274 e. The molecular weight excluding hydrogens is 310 g/mol. The van der Waals surface area contributed by atoms with E-state index in [4.69, 9.17) is 0 Å². The third kappa shape index (κ3) is 2.32. The lowest BCUT2D eigenvalue weighted by molar-refractivity contribution is 0.131. The van der Waals surface area contributed by atoms with E-state index in [0.717, 1.165) is 12.8 Å². The Labute approximate surface area is 137 Å². The molecule has 0 radical (unpaired) electrons. The van der Waals surface area contributed by atoms with Crippen molar-refractivity contribution in [2.45, 2.75) is 30.1 Å². The lowest BCUT2D eigenvalue weighted by atomic mass is 9.61. The number of benzene rings is 1. The van der Waals surface area contributed by atoms with Crippen molar-refractivity contribution >= 4 is 10.0 Å². The van der Waals surface area contributed by atoms with Crippen LogP contribution in [0.25, 0.3) is 0 Å². The van der Waals surface area contributed by atoms with Crippen molar-refractivity contribution in [1.29, 1.82) is 0 Å². The fourth-order valence-corrected chi connectivity index (χ4v) is 5.61. The summed E-state index contributed by atoms with van der Waals surface area (Å²) in [6.45, 7) is 1.20. The predicted octanol–water partition coefficient (Wildman–Crippen LogP) is 2.38. The molecule has 2 fully saturated rings. The zero-order valence-corrected chi connectivity index (χ0v) is 14.0. The predicted molar refractivity (Wildman–Crippen MR) is 87.4 cm³/mol. The second kappa shape index (κ2) is 5.18. The standard InChI is InChI=1S/C17H21N3O2S/c1-19-11-15(10-18-19)23(21,22)20-12-16(14-6-3-2-4-7-14)17(13-20)8-5-9-17/h2-4,6-7,10-11,16H,5,8-9,12-13H2,1H3. The Morgan fingerprint density at radius 1 is 1.22 bits per heavy atom. The fourth-order valence-electron chi connectivity index (χ4n) is 4.07. The Bertz CT molecular complexity index is 809. The van der Waals surface area contributed by atoms with Crippen LogP contribution in [0.15, 0.2) is 47.6 Å². The minimum atomic E-state index is -3.46. The Balaban J connectivity index is 1.68. The van der Waals surface area contributed by atoms with E-state index in [2.05, 4.69) is 17.2 Å². The second-order valence-electron chi connectivity index (χ2n) is 6.83. The lowest BCUT2D eigenvalue weighted by Gasteiger charge is -2.43. The highest BCUT2D eigenvalue weighted by Crippen LogP contribution is 2.56. The maximum atomic E-state index is 12.9. The number of sulfonamides is 1. The highest BCUT2D eigenvalue weighted by atomic mass is 32.2. The number of nitrogens with zero attached hydrogens (tertiary/aromatic N) is 3. The van der Waals surface area contributed by atoms with Gasteiger partial charge in [0.2, 0.25) is 10.0 Å². The molecule has 1 unspecified atom stereocenters. The minimum absolute atomic E-state index is 0.122. The summed E-state index contributed by atoms with van der Waals surface area (Å²) in [4.78, 5) is 0.295. The van der Waals surface area contributed by atoms with Crippen molar-refractivity contribution in [3.8, 4) is 0 Å². The van der Waals surface area contributed by atoms with Crippen LogP contribution in [0.5, 0.6) is 0 Å². The average molecular weight is 331 g/mol. The van der Waals surface area contributed by atoms with E-state index < -0.39 is 10.0 Å². The number of hydrogen-bond donors (Lipinski definition) is 0. The molecule has 0 amide bonds. The van der Waals surface area contributed by atoms with Crippen molar-refractivity contribution in [1.82, 2.24) is 14.1 Å². The van der Waals surface area contributed by atoms with Gasteiger partial charge in [0.15, 0.2) is 0 Å². The van der Waals surface area contributed by atoms with Gasteiger partial charge in [-0.2, -0.15) is 9.40 Å². The lowest BCUT2D eigenvalue weighted by Crippen LogP contribution is -2.37. The molecule has 1 atom stereocenters. The third-order valence-corrected chi connectivity index (χ3v) is 7.25. The van der Waals surface area contributed by atoms with Gasteiger partial charge in [0.1, 0.15) is 4.90 Å². The summed E-state index contributed by atoms with van der Waals surface area (Å²) in [5, 5.41) is 4.01. The monoisotopic (exact) mass is 331 g/mol. The van der Waals surface area contributed by atoms with Gasteiger partial charge in [-0.05, 0) is 23.8 Å². The first-order valence-electron chi connectivity index (χ1n) is 8.05. The molecule has 2 aliphatic rings. The molecule has 6 heteroatoms. The average Bonchev–Trinajstić information content (AvgIpc) is 3.12. The molecule has 23 heavy (non-hydrogen) atoms. The Hall–Kier alpha value is -1.66. The molecule has 0 bridgehead atoms. The zero-order valence-electron chi connectivity index (χ0n) is 13.2. The molecule has 1 aromatic heterocycles. The summed E-state index contributed by atoms with van der Waals surface area (Å²) in [5.74, 6) is 0.295. The molecule has 1 saturated carbocycles. The Morgan fingerprint density at radius 3 is 2.52 bits per heavy atom. The van der Waals surface area contributed by atoms with Gasteiger partial charge in [0.25, 0.3) is 0 Å². The van der Waals surface area contributed by atoms with Crippen molar-refractivity contribution in [2.24, 2.45) is 12.5 Å². The fraction of sp³-hybridized carbons (Fsp3) is 0.471. The zero-order chi connectivity index (χ0) is 16.1. The van der Waals surface area contributed by atoms with Crippen LogP contribution >= 0.6 is 0 Å². The van der Waals surface area contributed by atoms with Gasteiger partial charge in [-0.25, -0.2) is 8.42 Å². The van der Waals surface area contributed by atoms with E-state index in [-0.39, 0.29) is 5.41 Å². The van der Waals surface area contributed by atoms with Crippen molar-refractivity contribution in [2.75, 3.05) is 13.1 Å². The van der Waals surface area contributed by atoms with Gasteiger partial charge in [-0.1, -0.05) is 36.8 Å². The van der Waals surface area contributed by atoms with E-state index in [9.17, 15) is 8.42 Å². The quantitative estimate of drug-likeness (QED) is 0.868. The number of hydrogen-bond acceptors (Lipinski definition) is 3. The van der Waals surface area contributed by atoms with Gasteiger partial charge >= 0.3 is 0 Å². The third-order valence-electron chi connectivity index (χ3n) is 5.49. The SMILES string of the molecule is Cn1cc(S(=O)(=O)N2CC(c3ccccc3)C3(CCC3)C2)cn1. The van der Waals surface area contributed by atoms with E-state index in [1.165, 1.54) is 22.9 Å². The molecule has 1 aromatic carbocycles. The van der Waals surface area contributed by atoms with Crippen LogP contribution < -0.4 is 0 Å². The molecule has 122 valence electrons. The molecule has 1 spiro atoms. The number of aryl methyl sites for hydroxylation is 1. The normalized spacial score (nSPS) is 24.0. The van der Waals surface area contributed by atoms with Crippen LogP contribution in [0, 0.1) is 5.41 Å². The highest BCUT2D eigenvalue weighted by molar-refractivity contribution is 7.89. The molecular formula is C17H21N3O2S. The summed E-state index contributed by atoms with van der Waals surface area (Å²) in [6.07, 6.45) is 6.46. The topological polar surface area (TPSA) is 55.2 Å². The van der Waals surface area contributed by atoms with E-state index in [1.807, 2.05) is 18.2 Å². The summed E-state index contributed by atoms with van der Waals surface area (Å²) in [5.41, 5.74) is 1.38. The van der Waals surface area contributed by atoms with Crippen LogP contribution in [-0.2, 0) is 17.1 Å². The van der Waals surface area contributed by atoms with E-state index >= 15 is 0 Å². The van der Waals surface area contributed by atoms with Gasteiger partial charge in [-0.15, -0.1) is 0 Å². The van der Waals surface area contributed by atoms with Crippen molar-refractivity contribution < 1.29 is 8.42 Å². The first-order chi connectivity index (χ1) is 11.0. The summed E-state index contributed by atoms with van der Waals surface area (Å²) in [6, 6.07) is 10.4. The summed E-state index contributed by atoms with van der Waals surface area (Å²) >= 11 is 0. The van der Waals surface area contributed by atoms with Gasteiger partial charge in [0.05, 0.1) is 6.20 Å². The molecule has 1 aliphatic heterocycles. The van der Waals surface area contributed by atoms with Crippen LogP contribution in [-0.4, -0.2) is 35.6 Å². The Morgan fingerprint density at radius 2 is 1.96 bits per heavy atom. The van der Waals surface area contributed by atoms with Gasteiger partial charge < -0.3 is 0 Å². The van der Waals surface area contributed by atoms with Crippen molar-refractivity contribution in [3.63, 3.8) is 0 Å². The molecule has 0 N–H and O–H groups in total. The molecule has 2 heterocycles. The van der Waals surface area contributed by atoms with Crippen LogP contribution in [0.3, 0.4) is 0 Å². The highest BCUT2D eigenvalue weighted by Gasteiger charge is 2.53. The molecule has 2 aromatic rings. The maximum Gasteiger partial charge on any atom is 0.246 e. The van der Waals surface area contributed by atoms with Crippen LogP contribution in [0.2, 0.25) is 0 Å². The van der Waals surface area contributed by atoms with E-state index in [0.29, 0.717) is 23.9 Å². The van der Waals surface area contributed by atoms with E-state index in [1.54, 1.807) is 17.5 Å². The summed E-state index contributed by atoms with van der Waals surface area (Å²) in [7, 11) is -1.72. The molecule has 4 rings (SSSR count). The first kappa shape index (κ1) is 14.9. The number of aromatic nitrogens is 2. The molecule has 5 nitrogen and oxygen atoms in total.